The van der Waals surface area contributed by atoms with Crippen molar-refractivity contribution in [2.24, 2.45) is 0 Å². The summed E-state index contributed by atoms with van der Waals surface area (Å²) in [4.78, 5) is 32.5. The highest BCUT2D eigenvalue weighted by molar-refractivity contribution is 7.17. The Bertz CT molecular complexity index is 1570. The monoisotopic (exact) mass is 494 g/mol. The first-order valence-corrected chi connectivity index (χ1v) is 10.9. The number of fused-ring (bicyclic) bond motifs is 1. The number of carbonyl (C=O) groups is 1. The van der Waals surface area contributed by atoms with Gasteiger partial charge in [0.2, 0.25) is 0 Å². The molecule has 3 heterocycles. The third-order valence-electron chi connectivity index (χ3n) is 4.81. The van der Waals surface area contributed by atoms with Gasteiger partial charge in [-0.2, -0.15) is 5.10 Å². The van der Waals surface area contributed by atoms with Crippen LogP contribution in [0.2, 0.25) is 5.02 Å². The van der Waals surface area contributed by atoms with E-state index in [0.29, 0.717) is 27.3 Å². The molecule has 5 rings (SSSR count). The summed E-state index contributed by atoms with van der Waals surface area (Å²) >= 11 is 6.74. The van der Waals surface area contributed by atoms with Gasteiger partial charge >= 0.3 is 5.00 Å². The zero-order valence-electron chi connectivity index (χ0n) is 17.0. The van der Waals surface area contributed by atoms with Crippen LogP contribution in [-0.4, -0.2) is 30.6 Å². The molecule has 12 heteroatoms. The number of benzene rings is 2. The smallest absolute Gasteiger partial charge is 0.305 e. The highest BCUT2D eigenvalue weighted by atomic mass is 35.5. The van der Waals surface area contributed by atoms with Crippen molar-refractivity contribution in [3.8, 4) is 17.1 Å². The van der Waals surface area contributed by atoms with Crippen LogP contribution in [0.4, 0.5) is 15.2 Å². The van der Waals surface area contributed by atoms with E-state index < -0.39 is 16.6 Å². The number of nitrogens with one attached hydrogen (secondary N) is 1. The molecule has 0 unspecified atom stereocenters. The highest BCUT2D eigenvalue weighted by Gasteiger charge is 2.20. The number of hydrogen-bond donors (Lipinski definition) is 1. The molecule has 9 nitrogen and oxygen atoms in total. The normalized spacial score (nSPS) is 11.0. The Morgan fingerprint density at radius 1 is 1.12 bits per heavy atom. The Labute approximate surface area is 199 Å². The number of aromatic nitrogens is 4. The lowest BCUT2D eigenvalue weighted by Crippen LogP contribution is -2.12. The summed E-state index contributed by atoms with van der Waals surface area (Å²) < 4.78 is 15.3. The van der Waals surface area contributed by atoms with Crippen LogP contribution in [0.3, 0.4) is 0 Å². The Morgan fingerprint density at radius 2 is 1.91 bits per heavy atom. The van der Waals surface area contributed by atoms with Crippen molar-refractivity contribution >= 4 is 50.7 Å². The predicted octanol–water partition coefficient (Wildman–Crippen LogP) is 5.50. The number of anilines is 1. The van der Waals surface area contributed by atoms with Gasteiger partial charge in [0, 0.05) is 16.7 Å². The van der Waals surface area contributed by atoms with Crippen molar-refractivity contribution < 1.29 is 14.1 Å². The molecule has 1 N–H and O–H groups in total. The second-order valence-corrected chi connectivity index (χ2v) is 8.52. The van der Waals surface area contributed by atoms with Crippen molar-refractivity contribution in [1.82, 2.24) is 19.7 Å². The largest absolute Gasteiger partial charge is 0.324 e. The molecule has 0 atom stereocenters. The van der Waals surface area contributed by atoms with Gasteiger partial charge in [-0.1, -0.05) is 29.0 Å². The van der Waals surface area contributed by atoms with Gasteiger partial charge in [0.15, 0.2) is 11.5 Å². The molecule has 34 heavy (non-hydrogen) atoms. The molecule has 0 radical (unpaired) electrons. The first kappa shape index (κ1) is 21.6. The minimum absolute atomic E-state index is 0.143. The van der Waals surface area contributed by atoms with Gasteiger partial charge in [-0.3, -0.25) is 14.9 Å². The molecule has 0 bridgehead atoms. The first-order valence-electron chi connectivity index (χ1n) is 9.72. The molecule has 0 saturated carbocycles. The van der Waals surface area contributed by atoms with E-state index >= 15 is 0 Å². The second kappa shape index (κ2) is 8.61. The van der Waals surface area contributed by atoms with Gasteiger partial charge in [-0.25, -0.2) is 19.0 Å². The van der Waals surface area contributed by atoms with Crippen LogP contribution in [0.15, 0.2) is 66.9 Å². The topological polar surface area (TPSA) is 116 Å². The maximum atomic E-state index is 13.8. The summed E-state index contributed by atoms with van der Waals surface area (Å²) in [5.74, 6) is -0.590. The van der Waals surface area contributed by atoms with Crippen LogP contribution in [0.1, 0.15) is 9.67 Å². The van der Waals surface area contributed by atoms with Crippen LogP contribution in [0, 0.1) is 15.9 Å². The van der Waals surface area contributed by atoms with Crippen LogP contribution in [0.5, 0.6) is 0 Å². The minimum atomic E-state index is -0.571. The summed E-state index contributed by atoms with van der Waals surface area (Å²) in [5, 5.41) is 18.8. The van der Waals surface area contributed by atoms with E-state index in [9.17, 15) is 19.3 Å². The molecular weight excluding hydrogens is 483 g/mol. The van der Waals surface area contributed by atoms with E-state index in [1.807, 2.05) is 0 Å². The Morgan fingerprint density at radius 3 is 2.62 bits per heavy atom. The van der Waals surface area contributed by atoms with Crippen molar-refractivity contribution in [2.75, 3.05) is 5.32 Å². The SMILES string of the molecule is O=C(Nc1nc(-c2ccc(Cl)cc2)nc2c1cnn2-c1cccc(F)c1)c1ccc([N+](=O)[O-])s1. The summed E-state index contributed by atoms with van der Waals surface area (Å²) in [6.45, 7) is 0. The van der Waals surface area contributed by atoms with Gasteiger partial charge in [-0.15, -0.1) is 0 Å². The van der Waals surface area contributed by atoms with Gasteiger partial charge in [0.25, 0.3) is 5.91 Å². The van der Waals surface area contributed by atoms with E-state index in [0.717, 1.165) is 11.3 Å². The van der Waals surface area contributed by atoms with Crippen LogP contribution in [-0.2, 0) is 0 Å². The van der Waals surface area contributed by atoms with Crippen molar-refractivity contribution in [3.05, 3.63) is 92.7 Å². The number of nitrogens with zero attached hydrogens (tertiary/aromatic N) is 5. The van der Waals surface area contributed by atoms with Crippen molar-refractivity contribution in [3.63, 3.8) is 0 Å². The maximum absolute atomic E-state index is 13.8. The quantitative estimate of drug-likeness (QED) is 0.255. The van der Waals surface area contributed by atoms with Gasteiger partial charge in [-0.05, 0) is 48.5 Å². The molecule has 2 aromatic carbocycles. The van der Waals surface area contributed by atoms with Gasteiger partial charge in [0.1, 0.15) is 11.6 Å². The molecular formula is C22H12ClFN6O3S. The third kappa shape index (κ3) is 4.09. The Hall–Kier alpha value is -4.22. The molecule has 0 aliphatic rings. The standard InChI is InChI=1S/C22H12ClFN6O3S/c23-13-6-4-12(5-7-13)19-26-20(28-22(31)17-8-9-18(34-17)30(32)33)16-11-25-29(21(16)27-19)15-3-1-2-14(24)10-15/h1-11H,(H,26,27,28,31). The predicted molar refractivity (Wildman–Crippen MR) is 126 cm³/mol. The molecule has 3 aromatic heterocycles. The van der Waals surface area contributed by atoms with Crippen LogP contribution in [0.25, 0.3) is 28.1 Å². The molecule has 0 aliphatic carbocycles. The summed E-state index contributed by atoms with van der Waals surface area (Å²) in [6.07, 6.45) is 1.46. The summed E-state index contributed by atoms with van der Waals surface area (Å²) in [7, 11) is 0. The molecule has 0 saturated heterocycles. The fourth-order valence-electron chi connectivity index (χ4n) is 3.25. The maximum Gasteiger partial charge on any atom is 0.324 e. The molecule has 0 fully saturated rings. The van der Waals surface area contributed by atoms with Gasteiger partial charge in [0.05, 0.1) is 27.1 Å². The molecule has 1 amide bonds. The number of amides is 1. The number of thiophene rings is 1. The lowest BCUT2D eigenvalue weighted by Gasteiger charge is -2.09. The first-order chi connectivity index (χ1) is 16.4. The zero-order chi connectivity index (χ0) is 23.8. The zero-order valence-corrected chi connectivity index (χ0v) is 18.5. The number of hydrogen-bond acceptors (Lipinski definition) is 7. The lowest BCUT2D eigenvalue weighted by molar-refractivity contribution is -0.380. The van der Waals surface area contributed by atoms with E-state index in [1.54, 1.807) is 36.4 Å². The Balaban J connectivity index is 1.64. The molecule has 0 aliphatic heterocycles. The number of carbonyl (C=O) groups excluding carboxylic acids is 1. The number of halogens is 2. The molecule has 168 valence electrons. The molecule has 0 spiro atoms. The summed E-state index contributed by atoms with van der Waals surface area (Å²) in [6, 6.07) is 15.3. The number of nitro groups is 1. The van der Waals surface area contributed by atoms with E-state index in [1.165, 1.54) is 35.1 Å². The molecule has 5 aromatic rings. The van der Waals surface area contributed by atoms with E-state index in [4.69, 9.17) is 11.6 Å². The number of rotatable bonds is 5. The lowest BCUT2D eigenvalue weighted by atomic mass is 10.2. The fourth-order valence-corrected chi connectivity index (χ4v) is 4.09. The van der Waals surface area contributed by atoms with Crippen LogP contribution < -0.4 is 5.32 Å². The Kier molecular flexibility index (Phi) is 5.48. The van der Waals surface area contributed by atoms with E-state index in [2.05, 4.69) is 20.4 Å². The summed E-state index contributed by atoms with van der Waals surface area (Å²) in [5.41, 5.74) is 1.39. The van der Waals surface area contributed by atoms with Gasteiger partial charge < -0.3 is 5.32 Å². The van der Waals surface area contributed by atoms with Crippen molar-refractivity contribution in [2.45, 2.75) is 0 Å². The highest BCUT2D eigenvalue weighted by Crippen LogP contribution is 2.29. The average Bonchev–Trinajstić information content (AvgIpc) is 3.48. The third-order valence-corrected chi connectivity index (χ3v) is 6.10. The van der Waals surface area contributed by atoms with E-state index in [-0.39, 0.29) is 21.5 Å². The van der Waals surface area contributed by atoms with Crippen molar-refractivity contribution in [1.29, 1.82) is 0 Å². The second-order valence-electron chi connectivity index (χ2n) is 7.03. The fraction of sp³-hybridized carbons (Fsp3) is 0. The average molecular weight is 495 g/mol. The minimum Gasteiger partial charge on any atom is -0.305 e. The van der Waals surface area contributed by atoms with Crippen LogP contribution >= 0.6 is 22.9 Å².